The molecule has 7 heteroatoms. The fraction of sp³-hybridized carbons (Fsp3) is 0.682. The molecule has 1 fully saturated rings. The smallest absolute Gasteiger partial charge is 0.243 e. The van der Waals surface area contributed by atoms with Gasteiger partial charge >= 0.3 is 0 Å². The van der Waals surface area contributed by atoms with E-state index in [4.69, 9.17) is 0 Å². The van der Waals surface area contributed by atoms with Gasteiger partial charge in [-0.2, -0.15) is 4.31 Å². The molecule has 0 spiro atoms. The van der Waals surface area contributed by atoms with Crippen LogP contribution >= 0.6 is 0 Å². The highest BCUT2D eigenvalue weighted by molar-refractivity contribution is 7.89. The van der Waals surface area contributed by atoms with Gasteiger partial charge in [-0.1, -0.05) is 32.9 Å². The molecule has 0 aliphatic carbocycles. The Bertz CT molecular complexity index is 737. The molecule has 1 N–H and O–H groups in total. The average molecular weight is 424 g/mol. The molecule has 1 aromatic carbocycles. The van der Waals surface area contributed by atoms with Crippen molar-refractivity contribution in [3.05, 3.63) is 29.8 Å². The van der Waals surface area contributed by atoms with E-state index in [0.717, 1.165) is 24.6 Å². The van der Waals surface area contributed by atoms with E-state index in [9.17, 15) is 13.2 Å². The maximum atomic E-state index is 12.5. The number of hydrogen-bond acceptors (Lipinski definition) is 4. The number of carbonyl (C=O) groups excluding carboxylic acids is 1. The fourth-order valence-corrected chi connectivity index (χ4v) is 5.20. The molecule has 0 bridgehead atoms. The Balaban J connectivity index is 1.78. The number of nitrogens with one attached hydrogen (secondary N) is 1. The van der Waals surface area contributed by atoms with Gasteiger partial charge < -0.3 is 5.32 Å². The highest BCUT2D eigenvalue weighted by Crippen LogP contribution is 2.18. The largest absolute Gasteiger partial charge is 0.355 e. The van der Waals surface area contributed by atoms with Crippen molar-refractivity contribution in [2.45, 2.75) is 64.3 Å². The zero-order valence-corrected chi connectivity index (χ0v) is 19.2. The number of sulfonamides is 1. The van der Waals surface area contributed by atoms with Crippen LogP contribution in [0.3, 0.4) is 0 Å². The number of rotatable bonds is 10. The average Bonchev–Trinajstić information content (AvgIpc) is 2.72. The zero-order chi connectivity index (χ0) is 21.4. The molecule has 6 nitrogen and oxygen atoms in total. The molecule has 1 aliphatic heterocycles. The molecule has 1 atom stereocenters. The van der Waals surface area contributed by atoms with E-state index in [0.29, 0.717) is 43.4 Å². The van der Waals surface area contributed by atoms with Crippen molar-refractivity contribution in [1.29, 1.82) is 0 Å². The summed E-state index contributed by atoms with van der Waals surface area (Å²) in [6.07, 6.45) is 3.48. The minimum absolute atomic E-state index is 0.0436. The molecule has 1 aliphatic rings. The third kappa shape index (κ3) is 6.79. The van der Waals surface area contributed by atoms with E-state index < -0.39 is 10.0 Å². The third-order valence-corrected chi connectivity index (χ3v) is 8.01. The molecular formula is C22H37N3O3S. The van der Waals surface area contributed by atoms with Crippen LogP contribution < -0.4 is 5.32 Å². The lowest BCUT2D eigenvalue weighted by Gasteiger charge is -2.35. The van der Waals surface area contributed by atoms with Gasteiger partial charge in [0.1, 0.15) is 0 Å². The van der Waals surface area contributed by atoms with E-state index in [1.54, 1.807) is 24.3 Å². The molecule has 2 rings (SSSR count). The molecule has 1 heterocycles. The summed E-state index contributed by atoms with van der Waals surface area (Å²) in [4.78, 5) is 15.0. The second kappa shape index (κ2) is 11.1. The van der Waals surface area contributed by atoms with Gasteiger partial charge in [0.25, 0.3) is 0 Å². The molecule has 1 amide bonds. The Labute approximate surface area is 176 Å². The monoisotopic (exact) mass is 423 g/mol. The van der Waals surface area contributed by atoms with Gasteiger partial charge in [-0.3, -0.25) is 9.69 Å². The van der Waals surface area contributed by atoms with Crippen LogP contribution in [-0.4, -0.2) is 62.3 Å². The van der Waals surface area contributed by atoms with Crippen molar-refractivity contribution in [3.8, 4) is 0 Å². The van der Waals surface area contributed by atoms with Crippen LogP contribution in [0.2, 0.25) is 0 Å². The highest BCUT2D eigenvalue weighted by atomic mass is 32.2. The van der Waals surface area contributed by atoms with Gasteiger partial charge in [0, 0.05) is 32.1 Å². The lowest BCUT2D eigenvalue weighted by molar-refractivity contribution is -0.121. The van der Waals surface area contributed by atoms with E-state index >= 15 is 0 Å². The summed E-state index contributed by atoms with van der Waals surface area (Å²) in [5, 5.41) is 3.04. The first-order valence-electron chi connectivity index (χ1n) is 10.9. The summed E-state index contributed by atoms with van der Waals surface area (Å²) in [6.45, 7) is 11.9. The number of nitrogens with zero attached hydrogens (tertiary/aromatic N) is 2. The van der Waals surface area contributed by atoms with E-state index in [2.05, 4.69) is 24.1 Å². The Morgan fingerprint density at radius 3 is 2.31 bits per heavy atom. The number of hydrogen-bond donors (Lipinski definition) is 1. The molecule has 0 saturated carbocycles. The summed E-state index contributed by atoms with van der Waals surface area (Å²) in [6, 6.07) is 7.25. The number of piperidine rings is 1. The SMILES string of the molecule is CCN(CC)S(=O)(=O)c1ccc(CCC(=O)NCC(C)N2CCC(C)CC2)cc1. The number of amides is 1. The quantitative estimate of drug-likeness (QED) is 0.628. The van der Waals surface area contributed by atoms with Crippen molar-refractivity contribution in [1.82, 2.24) is 14.5 Å². The summed E-state index contributed by atoms with van der Waals surface area (Å²) >= 11 is 0. The Morgan fingerprint density at radius 1 is 1.17 bits per heavy atom. The van der Waals surface area contributed by atoms with Crippen molar-refractivity contribution in [3.63, 3.8) is 0 Å². The maximum absolute atomic E-state index is 12.5. The molecule has 1 saturated heterocycles. The van der Waals surface area contributed by atoms with Crippen LogP contribution in [0.25, 0.3) is 0 Å². The van der Waals surface area contributed by atoms with Crippen LogP contribution in [0, 0.1) is 5.92 Å². The molecule has 0 aromatic heterocycles. The van der Waals surface area contributed by atoms with Gasteiger partial charge in [0.2, 0.25) is 15.9 Å². The Morgan fingerprint density at radius 2 is 1.76 bits per heavy atom. The van der Waals surface area contributed by atoms with Crippen molar-refractivity contribution in [2.75, 3.05) is 32.7 Å². The molecule has 0 radical (unpaired) electrons. The number of carbonyl (C=O) groups is 1. The van der Waals surface area contributed by atoms with Gasteiger partial charge in [-0.25, -0.2) is 8.42 Å². The fourth-order valence-electron chi connectivity index (χ4n) is 3.75. The molecular weight excluding hydrogens is 386 g/mol. The summed E-state index contributed by atoms with van der Waals surface area (Å²) < 4.78 is 26.5. The van der Waals surface area contributed by atoms with Gasteiger partial charge in [0.15, 0.2) is 0 Å². The molecule has 1 unspecified atom stereocenters. The lowest BCUT2D eigenvalue weighted by Crippen LogP contribution is -2.45. The van der Waals surface area contributed by atoms with E-state index in [1.807, 2.05) is 13.8 Å². The van der Waals surface area contributed by atoms with Gasteiger partial charge in [-0.05, 0) is 62.9 Å². The first kappa shape index (κ1) is 23.8. The zero-order valence-electron chi connectivity index (χ0n) is 18.4. The lowest BCUT2D eigenvalue weighted by atomic mass is 9.98. The standard InChI is InChI=1S/C22H37N3O3S/c1-5-25(6-2)29(27,28)21-10-7-20(8-11-21)9-12-22(26)23-17-19(4)24-15-13-18(3)14-16-24/h7-8,10-11,18-19H,5-6,9,12-17H2,1-4H3,(H,23,26). The molecule has 164 valence electrons. The third-order valence-electron chi connectivity index (χ3n) is 5.94. The predicted octanol–water partition coefficient (Wildman–Crippen LogP) is 2.89. The van der Waals surface area contributed by atoms with Crippen LogP contribution in [0.15, 0.2) is 29.2 Å². The summed E-state index contributed by atoms with van der Waals surface area (Å²) in [5.41, 5.74) is 0.969. The second-order valence-corrected chi connectivity index (χ2v) is 10.0. The summed E-state index contributed by atoms with van der Waals surface area (Å²) in [5.74, 6) is 0.850. The number of likely N-dealkylation sites (tertiary alicyclic amines) is 1. The summed E-state index contributed by atoms with van der Waals surface area (Å²) in [7, 11) is -3.43. The van der Waals surface area contributed by atoms with Crippen LogP contribution in [0.1, 0.15) is 52.5 Å². The molecule has 1 aromatic rings. The minimum Gasteiger partial charge on any atom is -0.355 e. The Hall–Kier alpha value is -1.44. The first-order valence-corrected chi connectivity index (χ1v) is 12.3. The highest BCUT2D eigenvalue weighted by Gasteiger charge is 2.22. The predicted molar refractivity (Wildman–Crippen MR) is 117 cm³/mol. The minimum atomic E-state index is -3.43. The van der Waals surface area contributed by atoms with E-state index in [1.165, 1.54) is 17.1 Å². The molecule has 29 heavy (non-hydrogen) atoms. The van der Waals surface area contributed by atoms with E-state index in [-0.39, 0.29) is 5.91 Å². The van der Waals surface area contributed by atoms with Gasteiger partial charge in [0.05, 0.1) is 4.90 Å². The van der Waals surface area contributed by atoms with Crippen molar-refractivity contribution in [2.24, 2.45) is 5.92 Å². The van der Waals surface area contributed by atoms with Crippen molar-refractivity contribution < 1.29 is 13.2 Å². The first-order chi connectivity index (χ1) is 13.8. The van der Waals surface area contributed by atoms with Crippen molar-refractivity contribution >= 4 is 15.9 Å². The van der Waals surface area contributed by atoms with Gasteiger partial charge in [-0.15, -0.1) is 0 Å². The van der Waals surface area contributed by atoms with Crippen LogP contribution in [0.4, 0.5) is 0 Å². The topological polar surface area (TPSA) is 69.7 Å². The number of benzene rings is 1. The maximum Gasteiger partial charge on any atom is 0.243 e. The Kier molecular flexibility index (Phi) is 9.11. The second-order valence-electron chi connectivity index (χ2n) is 8.10. The number of aryl methyl sites for hydroxylation is 1. The normalized spacial score (nSPS) is 17.4. The van der Waals surface area contributed by atoms with Crippen LogP contribution in [0.5, 0.6) is 0 Å². The van der Waals surface area contributed by atoms with Crippen LogP contribution in [-0.2, 0) is 21.2 Å².